The van der Waals surface area contributed by atoms with Gasteiger partial charge in [0.05, 0.1) is 6.10 Å². The normalized spacial score (nSPS) is 24.5. The molecule has 2 heteroatoms. The van der Waals surface area contributed by atoms with Crippen LogP contribution in [0.5, 0.6) is 0 Å². The molecule has 0 bridgehead atoms. The number of anilines is 1. The van der Waals surface area contributed by atoms with Gasteiger partial charge in [-0.3, -0.25) is 0 Å². The summed E-state index contributed by atoms with van der Waals surface area (Å²) in [6.07, 6.45) is 0.977. The number of aliphatic hydroxyl groups is 1. The third-order valence-corrected chi connectivity index (χ3v) is 3.91. The van der Waals surface area contributed by atoms with E-state index in [4.69, 9.17) is 0 Å². The molecule has 1 aromatic rings. The molecule has 0 amide bonds. The molecule has 2 rings (SSSR count). The smallest absolute Gasteiger partial charge is 0.0546 e. The van der Waals surface area contributed by atoms with E-state index in [-0.39, 0.29) is 6.10 Å². The van der Waals surface area contributed by atoms with E-state index in [0.717, 1.165) is 19.5 Å². The minimum atomic E-state index is -0.164. The van der Waals surface area contributed by atoms with Gasteiger partial charge in [-0.2, -0.15) is 0 Å². The SMILES string of the molecule is CCN(CC)c1ccc([C@@H]2C[C@@H]2[C@@H](C)O)cc1. The van der Waals surface area contributed by atoms with Crippen molar-refractivity contribution in [2.45, 2.75) is 39.2 Å². The van der Waals surface area contributed by atoms with Crippen LogP contribution in [0.25, 0.3) is 0 Å². The third-order valence-electron chi connectivity index (χ3n) is 3.91. The Labute approximate surface area is 104 Å². The first kappa shape index (κ1) is 12.4. The average molecular weight is 233 g/mol. The summed E-state index contributed by atoms with van der Waals surface area (Å²) < 4.78 is 0. The lowest BCUT2D eigenvalue weighted by molar-refractivity contribution is 0.169. The van der Waals surface area contributed by atoms with Crippen molar-refractivity contribution in [2.24, 2.45) is 5.92 Å². The van der Waals surface area contributed by atoms with Gasteiger partial charge in [0, 0.05) is 18.8 Å². The molecular weight excluding hydrogens is 210 g/mol. The van der Waals surface area contributed by atoms with Crippen molar-refractivity contribution in [3.8, 4) is 0 Å². The molecule has 2 nitrogen and oxygen atoms in total. The van der Waals surface area contributed by atoms with Crippen LogP contribution in [0, 0.1) is 5.92 Å². The Morgan fingerprint density at radius 3 is 2.24 bits per heavy atom. The number of hydrogen-bond acceptors (Lipinski definition) is 2. The third kappa shape index (κ3) is 2.63. The van der Waals surface area contributed by atoms with Crippen LogP contribution in [0.2, 0.25) is 0 Å². The number of benzene rings is 1. The van der Waals surface area contributed by atoms with Crippen LogP contribution in [0.4, 0.5) is 5.69 Å². The molecule has 1 N–H and O–H groups in total. The van der Waals surface area contributed by atoms with E-state index in [0.29, 0.717) is 11.8 Å². The van der Waals surface area contributed by atoms with Crippen LogP contribution in [-0.4, -0.2) is 24.3 Å². The molecule has 3 atom stereocenters. The molecule has 0 saturated heterocycles. The minimum Gasteiger partial charge on any atom is -0.393 e. The van der Waals surface area contributed by atoms with E-state index in [1.165, 1.54) is 11.3 Å². The lowest BCUT2D eigenvalue weighted by Gasteiger charge is -2.21. The molecule has 0 aliphatic heterocycles. The molecule has 0 unspecified atom stereocenters. The predicted molar refractivity (Wildman–Crippen MR) is 72.5 cm³/mol. The Bertz CT molecular complexity index is 354. The molecule has 1 saturated carbocycles. The van der Waals surface area contributed by atoms with Gasteiger partial charge in [0.1, 0.15) is 0 Å². The van der Waals surface area contributed by atoms with Gasteiger partial charge in [-0.1, -0.05) is 12.1 Å². The Morgan fingerprint density at radius 2 is 1.82 bits per heavy atom. The van der Waals surface area contributed by atoms with Crippen molar-refractivity contribution in [3.63, 3.8) is 0 Å². The highest BCUT2D eigenvalue weighted by Crippen LogP contribution is 2.49. The summed E-state index contributed by atoms with van der Waals surface area (Å²) in [5, 5.41) is 9.53. The van der Waals surface area contributed by atoms with E-state index < -0.39 is 0 Å². The summed E-state index contributed by atoms with van der Waals surface area (Å²) in [7, 11) is 0. The second-order valence-electron chi connectivity index (χ2n) is 5.01. The van der Waals surface area contributed by atoms with E-state index in [9.17, 15) is 5.11 Å². The molecule has 0 radical (unpaired) electrons. The average Bonchev–Trinajstić information content (AvgIpc) is 3.12. The van der Waals surface area contributed by atoms with Gasteiger partial charge in [-0.15, -0.1) is 0 Å². The lowest BCUT2D eigenvalue weighted by Crippen LogP contribution is -2.21. The molecule has 0 heterocycles. The largest absolute Gasteiger partial charge is 0.393 e. The number of hydrogen-bond donors (Lipinski definition) is 1. The first-order valence-corrected chi connectivity index (χ1v) is 6.70. The fourth-order valence-electron chi connectivity index (χ4n) is 2.65. The Kier molecular flexibility index (Phi) is 3.72. The van der Waals surface area contributed by atoms with Gasteiger partial charge in [0.25, 0.3) is 0 Å². The maximum atomic E-state index is 9.53. The van der Waals surface area contributed by atoms with Crippen molar-refractivity contribution < 1.29 is 5.11 Å². The van der Waals surface area contributed by atoms with Crippen LogP contribution in [0.15, 0.2) is 24.3 Å². The zero-order valence-electron chi connectivity index (χ0n) is 11.1. The maximum Gasteiger partial charge on any atom is 0.0546 e. The second-order valence-corrected chi connectivity index (χ2v) is 5.01. The van der Waals surface area contributed by atoms with Crippen LogP contribution in [-0.2, 0) is 0 Å². The highest BCUT2D eigenvalue weighted by molar-refractivity contribution is 5.48. The molecule has 1 fully saturated rings. The van der Waals surface area contributed by atoms with E-state index >= 15 is 0 Å². The molecule has 17 heavy (non-hydrogen) atoms. The van der Waals surface area contributed by atoms with E-state index in [1.54, 1.807) is 0 Å². The summed E-state index contributed by atoms with van der Waals surface area (Å²) in [4.78, 5) is 2.35. The fraction of sp³-hybridized carbons (Fsp3) is 0.600. The van der Waals surface area contributed by atoms with Crippen LogP contribution in [0.1, 0.15) is 38.7 Å². The van der Waals surface area contributed by atoms with Gasteiger partial charge in [-0.05, 0) is 56.7 Å². The summed E-state index contributed by atoms with van der Waals surface area (Å²) in [5.74, 6) is 1.06. The number of nitrogens with zero attached hydrogens (tertiary/aromatic N) is 1. The Balaban J connectivity index is 2.04. The predicted octanol–water partition coefficient (Wildman–Crippen LogP) is 3.02. The zero-order valence-corrected chi connectivity index (χ0v) is 11.1. The highest BCUT2D eigenvalue weighted by Gasteiger charge is 2.41. The monoisotopic (exact) mass is 233 g/mol. The van der Waals surface area contributed by atoms with Crippen molar-refractivity contribution in [1.29, 1.82) is 0 Å². The summed E-state index contributed by atoms with van der Waals surface area (Å²) in [6, 6.07) is 8.86. The number of aliphatic hydroxyl groups excluding tert-OH is 1. The van der Waals surface area contributed by atoms with Gasteiger partial charge in [0.2, 0.25) is 0 Å². The van der Waals surface area contributed by atoms with Crippen LogP contribution >= 0.6 is 0 Å². The molecular formula is C15H23NO. The van der Waals surface area contributed by atoms with E-state index in [2.05, 4.69) is 43.0 Å². The lowest BCUT2D eigenvalue weighted by atomic mass is 10.1. The molecule has 0 spiro atoms. The van der Waals surface area contributed by atoms with E-state index in [1.807, 2.05) is 6.92 Å². The van der Waals surface area contributed by atoms with Crippen molar-refractivity contribution >= 4 is 5.69 Å². The zero-order chi connectivity index (χ0) is 12.4. The molecule has 1 aliphatic rings. The second kappa shape index (κ2) is 5.09. The first-order chi connectivity index (χ1) is 8.17. The topological polar surface area (TPSA) is 23.5 Å². The minimum absolute atomic E-state index is 0.164. The molecule has 1 aliphatic carbocycles. The van der Waals surface area contributed by atoms with Gasteiger partial charge in [0.15, 0.2) is 0 Å². The molecule has 1 aromatic carbocycles. The first-order valence-electron chi connectivity index (χ1n) is 6.70. The standard InChI is InChI=1S/C15H23NO/c1-4-16(5-2)13-8-6-12(7-9-13)15-10-14(15)11(3)17/h6-9,11,14-15,17H,4-5,10H2,1-3H3/t11-,14-,15+/m1/s1. The van der Waals surface area contributed by atoms with Gasteiger partial charge < -0.3 is 10.0 Å². The van der Waals surface area contributed by atoms with Crippen LogP contribution < -0.4 is 4.90 Å². The van der Waals surface area contributed by atoms with Gasteiger partial charge >= 0.3 is 0 Å². The summed E-state index contributed by atoms with van der Waals surface area (Å²) >= 11 is 0. The van der Waals surface area contributed by atoms with Crippen molar-refractivity contribution in [1.82, 2.24) is 0 Å². The highest BCUT2D eigenvalue weighted by atomic mass is 16.3. The van der Waals surface area contributed by atoms with Crippen molar-refractivity contribution in [3.05, 3.63) is 29.8 Å². The maximum absolute atomic E-state index is 9.53. The Hall–Kier alpha value is -1.02. The number of rotatable bonds is 5. The molecule has 0 aromatic heterocycles. The van der Waals surface area contributed by atoms with Gasteiger partial charge in [-0.25, -0.2) is 0 Å². The quantitative estimate of drug-likeness (QED) is 0.845. The molecule has 94 valence electrons. The Morgan fingerprint density at radius 1 is 1.24 bits per heavy atom. The summed E-state index contributed by atoms with van der Waals surface area (Å²) in [5.41, 5.74) is 2.68. The van der Waals surface area contributed by atoms with Crippen molar-refractivity contribution in [2.75, 3.05) is 18.0 Å². The van der Waals surface area contributed by atoms with Crippen LogP contribution in [0.3, 0.4) is 0 Å². The summed E-state index contributed by atoms with van der Waals surface area (Å²) in [6.45, 7) is 8.36. The fourth-order valence-corrected chi connectivity index (χ4v) is 2.65.